The first-order valence-corrected chi connectivity index (χ1v) is 10.3. The highest BCUT2D eigenvalue weighted by atomic mass is 32.2. The number of benzene rings is 1. The van der Waals surface area contributed by atoms with Crippen molar-refractivity contribution in [2.75, 3.05) is 0 Å². The normalized spacial score (nSPS) is 27.5. The van der Waals surface area contributed by atoms with Gasteiger partial charge in [-0.1, -0.05) is 39.3 Å². The van der Waals surface area contributed by atoms with Crippen molar-refractivity contribution in [3.8, 4) is 0 Å². The minimum atomic E-state index is -3.60. The van der Waals surface area contributed by atoms with E-state index in [2.05, 4.69) is 30.7 Å². The Hall–Kier alpha value is -1.36. The molecule has 2 aliphatic carbocycles. The Morgan fingerprint density at radius 3 is 2.29 bits per heavy atom. The van der Waals surface area contributed by atoms with E-state index in [1.807, 2.05) is 19.1 Å². The molecule has 1 N–H and O–H groups in total. The maximum absolute atomic E-state index is 12.5. The van der Waals surface area contributed by atoms with Crippen LogP contribution >= 0.6 is 0 Å². The van der Waals surface area contributed by atoms with Crippen molar-refractivity contribution in [2.24, 2.45) is 22.9 Å². The van der Waals surface area contributed by atoms with Crippen LogP contribution in [-0.2, 0) is 15.4 Å². The van der Waals surface area contributed by atoms with Gasteiger partial charge in [-0.15, -0.1) is 0 Å². The van der Waals surface area contributed by atoms with Crippen molar-refractivity contribution in [1.82, 2.24) is 4.83 Å². The quantitative estimate of drug-likeness (QED) is 0.658. The third kappa shape index (κ3) is 3.51. The van der Waals surface area contributed by atoms with Crippen molar-refractivity contribution in [1.29, 1.82) is 0 Å². The Bertz CT molecular complexity index is 730. The molecule has 2 bridgehead atoms. The summed E-state index contributed by atoms with van der Waals surface area (Å²) in [5.74, 6) is 1.98. The summed E-state index contributed by atoms with van der Waals surface area (Å²) in [5.41, 5.74) is 2.05. The summed E-state index contributed by atoms with van der Waals surface area (Å²) in [5, 5.41) is 4.22. The van der Waals surface area contributed by atoms with E-state index in [-0.39, 0.29) is 10.3 Å². The van der Waals surface area contributed by atoms with Gasteiger partial charge in [0.15, 0.2) is 0 Å². The van der Waals surface area contributed by atoms with E-state index in [9.17, 15) is 8.42 Å². The third-order valence-electron chi connectivity index (χ3n) is 5.65. The fourth-order valence-electron chi connectivity index (χ4n) is 4.16. The van der Waals surface area contributed by atoms with Crippen molar-refractivity contribution >= 4 is 15.7 Å². The molecule has 0 amide bonds. The smallest absolute Gasteiger partial charge is 0.200 e. The summed E-state index contributed by atoms with van der Waals surface area (Å²) in [4.78, 5) is 2.69. The highest BCUT2D eigenvalue weighted by molar-refractivity contribution is 7.89. The molecule has 1 aromatic carbocycles. The van der Waals surface area contributed by atoms with Gasteiger partial charge in [-0.25, -0.2) is 4.83 Å². The molecular weight excluding hydrogens is 320 g/mol. The molecule has 5 heteroatoms. The molecule has 2 aliphatic rings. The highest BCUT2D eigenvalue weighted by Crippen LogP contribution is 2.48. The minimum Gasteiger partial charge on any atom is -0.200 e. The van der Waals surface area contributed by atoms with Gasteiger partial charge in [0.25, 0.3) is 10.0 Å². The monoisotopic (exact) mass is 348 g/mol. The van der Waals surface area contributed by atoms with Gasteiger partial charge in [-0.3, -0.25) is 0 Å². The van der Waals surface area contributed by atoms with Gasteiger partial charge in [0.2, 0.25) is 0 Å². The number of nitrogens with one attached hydrogen (secondary N) is 1. The van der Waals surface area contributed by atoms with E-state index in [0.717, 1.165) is 17.2 Å². The fraction of sp³-hybridized carbons (Fsp3) is 0.632. The standard InChI is InChI=1S/C19H28N2O2S/c1-13(18-12-14-5-6-15(18)11-14)20-21-24(22,23)17-9-7-16(8-10-17)19(2,3)4/h7-10,14-15,18,21H,5-6,11-12H2,1-4H3/b20-13+. The molecule has 1 aromatic rings. The van der Waals surface area contributed by atoms with Crippen molar-refractivity contribution < 1.29 is 8.42 Å². The van der Waals surface area contributed by atoms with E-state index >= 15 is 0 Å². The molecule has 0 spiro atoms. The lowest BCUT2D eigenvalue weighted by molar-refractivity contribution is 0.413. The number of nitrogens with zero attached hydrogens (tertiary/aromatic N) is 1. The average molecular weight is 349 g/mol. The first-order valence-electron chi connectivity index (χ1n) is 8.83. The predicted molar refractivity (Wildman–Crippen MR) is 97.5 cm³/mol. The van der Waals surface area contributed by atoms with E-state index in [0.29, 0.717) is 11.8 Å². The SMILES string of the molecule is C/C(=N\NS(=O)(=O)c1ccc(C(C)(C)C)cc1)C1CC2CCC1C2. The van der Waals surface area contributed by atoms with Gasteiger partial charge in [0, 0.05) is 11.6 Å². The molecule has 3 rings (SSSR count). The lowest BCUT2D eigenvalue weighted by Crippen LogP contribution is -2.25. The largest absolute Gasteiger partial charge is 0.276 e. The van der Waals surface area contributed by atoms with Crippen LogP contribution in [0.4, 0.5) is 0 Å². The summed E-state index contributed by atoms with van der Waals surface area (Å²) < 4.78 is 24.9. The van der Waals surface area contributed by atoms with Crippen LogP contribution in [-0.4, -0.2) is 14.1 Å². The molecule has 3 atom stereocenters. The number of hydrogen-bond acceptors (Lipinski definition) is 3. The second-order valence-electron chi connectivity index (χ2n) is 8.40. The molecular formula is C19H28N2O2S. The molecule has 132 valence electrons. The van der Waals surface area contributed by atoms with Crippen LogP contribution in [0.25, 0.3) is 0 Å². The first-order chi connectivity index (χ1) is 11.2. The zero-order chi connectivity index (χ0) is 17.5. The lowest BCUT2D eigenvalue weighted by Gasteiger charge is -2.21. The Morgan fingerprint density at radius 2 is 1.79 bits per heavy atom. The van der Waals surface area contributed by atoms with Crippen molar-refractivity contribution in [3.63, 3.8) is 0 Å². The summed E-state index contributed by atoms with van der Waals surface area (Å²) >= 11 is 0. The molecule has 3 unspecified atom stereocenters. The minimum absolute atomic E-state index is 0.00620. The molecule has 2 saturated carbocycles. The molecule has 0 heterocycles. The second-order valence-corrected chi connectivity index (χ2v) is 10.1. The van der Waals surface area contributed by atoms with Crippen LogP contribution in [0.3, 0.4) is 0 Å². The average Bonchev–Trinajstić information content (AvgIpc) is 3.15. The van der Waals surface area contributed by atoms with Crippen LogP contribution in [0, 0.1) is 17.8 Å². The van der Waals surface area contributed by atoms with Gasteiger partial charge in [-0.2, -0.15) is 13.5 Å². The maximum Gasteiger partial charge on any atom is 0.276 e. The summed E-state index contributed by atoms with van der Waals surface area (Å²) in [6.07, 6.45) is 5.06. The Kier molecular flexibility index (Phi) is 4.49. The van der Waals surface area contributed by atoms with Crippen LogP contribution in [0.15, 0.2) is 34.3 Å². The van der Waals surface area contributed by atoms with E-state index in [1.54, 1.807) is 12.1 Å². The van der Waals surface area contributed by atoms with Crippen LogP contribution in [0.2, 0.25) is 0 Å². The Balaban J connectivity index is 1.70. The van der Waals surface area contributed by atoms with Gasteiger partial charge < -0.3 is 0 Å². The van der Waals surface area contributed by atoms with E-state index in [1.165, 1.54) is 25.7 Å². The second kappa shape index (κ2) is 6.17. The molecule has 0 radical (unpaired) electrons. The number of hydrogen-bond donors (Lipinski definition) is 1. The van der Waals surface area contributed by atoms with Crippen LogP contribution in [0.1, 0.15) is 58.9 Å². The van der Waals surface area contributed by atoms with Crippen molar-refractivity contribution in [2.45, 2.75) is 63.7 Å². The topological polar surface area (TPSA) is 58.5 Å². The van der Waals surface area contributed by atoms with Gasteiger partial charge in [0.1, 0.15) is 0 Å². The van der Waals surface area contributed by atoms with Crippen LogP contribution < -0.4 is 4.83 Å². The Morgan fingerprint density at radius 1 is 1.12 bits per heavy atom. The lowest BCUT2D eigenvalue weighted by atomic mass is 9.86. The molecule has 24 heavy (non-hydrogen) atoms. The Labute approximate surface area is 145 Å². The zero-order valence-electron chi connectivity index (χ0n) is 15.0. The molecule has 0 aromatic heterocycles. The summed E-state index contributed by atoms with van der Waals surface area (Å²) in [7, 11) is -3.60. The number of sulfonamides is 1. The number of rotatable bonds is 4. The van der Waals surface area contributed by atoms with Crippen LogP contribution in [0.5, 0.6) is 0 Å². The van der Waals surface area contributed by atoms with Gasteiger partial charge >= 0.3 is 0 Å². The molecule has 0 aliphatic heterocycles. The molecule has 4 nitrogen and oxygen atoms in total. The fourth-order valence-corrected chi connectivity index (χ4v) is 5.02. The summed E-state index contributed by atoms with van der Waals surface area (Å²) in [6.45, 7) is 8.28. The maximum atomic E-state index is 12.5. The van der Waals surface area contributed by atoms with Crippen molar-refractivity contribution in [3.05, 3.63) is 29.8 Å². The third-order valence-corrected chi connectivity index (χ3v) is 6.87. The summed E-state index contributed by atoms with van der Waals surface area (Å²) in [6, 6.07) is 7.07. The zero-order valence-corrected chi connectivity index (χ0v) is 15.9. The number of fused-ring (bicyclic) bond motifs is 2. The molecule has 0 saturated heterocycles. The molecule has 2 fully saturated rings. The first kappa shape index (κ1) is 17.5. The van der Waals surface area contributed by atoms with E-state index in [4.69, 9.17) is 0 Å². The van der Waals surface area contributed by atoms with Gasteiger partial charge in [-0.05, 0) is 61.1 Å². The highest BCUT2D eigenvalue weighted by Gasteiger charge is 2.40. The van der Waals surface area contributed by atoms with Gasteiger partial charge in [0.05, 0.1) is 4.90 Å². The predicted octanol–water partition coefficient (Wildman–Crippen LogP) is 4.07. The number of hydrazone groups is 1. The van der Waals surface area contributed by atoms with E-state index < -0.39 is 10.0 Å².